The van der Waals surface area contributed by atoms with E-state index in [1.54, 1.807) is 0 Å². The Morgan fingerprint density at radius 1 is 1.07 bits per heavy atom. The molecule has 1 aromatic carbocycles. The van der Waals surface area contributed by atoms with Crippen LogP contribution in [0.2, 0.25) is 0 Å². The molecule has 0 bridgehead atoms. The number of ether oxygens (including phenoxy) is 1. The highest BCUT2D eigenvalue weighted by Crippen LogP contribution is 2.25. The molecular weight excluding hydrogens is 338 g/mol. The lowest BCUT2D eigenvalue weighted by Crippen LogP contribution is -2.24. The van der Waals surface area contributed by atoms with Crippen LogP contribution in [0.1, 0.15) is 36.5 Å². The number of rotatable bonds is 8. The van der Waals surface area contributed by atoms with Crippen molar-refractivity contribution in [2.45, 2.75) is 46.3 Å². The molecule has 0 radical (unpaired) electrons. The summed E-state index contributed by atoms with van der Waals surface area (Å²) in [6, 6.07) is 16.2. The third kappa shape index (κ3) is 4.19. The van der Waals surface area contributed by atoms with E-state index in [1.807, 2.05) is 54.9 Å². The zero-order chi connectivity index (χ0) is 19.4. The summed E-state index contributed by atoms with van der Waals surface area (Å²) in [4.78, 5) is 11.6. The van der Waals surface area contributed by atoms with Gasteiger partial charge in [0, 0.05) is 17.5 Å². The minimum Gasteiger partial charge on any atom is -0.375 e. The van der Waals surface area contributed by atoms with Crippen molar-refractivity contribution in [3.05, 3.63) is 71.2 Å². The van der Waals surface area contributed by atoms with Crippen LogP contribution < -0.4 is 0 Å². The fourth-order valence-corrected chi connectivity index (χ4v) is 3.21. The van der Waals surface area contributed by atoms with Crippen molar-refractivity contribution in [3.8, 4) is 5.82 Å². The summed E-state index contributed by atoms with van der Waals surface area (Å²) in [5.41, 5.74) is 3.66. The van der Waals surface area contributed by atoms with E-state index in [1.165, 1.54) is 0 Å². The van der Waals surface area contributed by atoms with Crippen LogP contribution in [0.3, 0.4) is 0 Å². The molecule has 0 unspecified atom stereocenters. The van der Waals surface area contributed by atoms with Gasteiger partial charge in [-0.15, -0.1) is 0 Å². The molecule has 0 N–H and O–H groups in total. The van der Waals surface area contributed by atoms with Gasteiger partial charge < -0.3 is 14.1 Å². The van der Waals surface area contributed by atoms with Gasteiger partial charge in [-0.05, 0) is 45.4 Å². The van der Waals surface area contributed by atoms with E-state index in [0.29, 0.717) is 19.8 Å². The summed E-state index contributed by atoms with van der Waals surface area (Å²) in [5.74, 6) is 0.836. The quantitative estimate of drug-likeness (QED) is 0.448. The molecule has 0 atom stereocenters. The van der Waals surface area contributed by atoms with Crippen molar-refractivity contribution in [2.24, 2.45) is 0 Å². The molecule has 3 aromatic rings. The van der Waals surface area contributed by atoms with Gasteiger partial charge in [0.1, 0.15) is 6.29 Å². The Labute approximate surface area is 160 Å². The van der Waals surface area contributed by atoms with E-state index in [-0.39, 0.29) is 0 Å². The van der Waals surface area contributed by atoms with E-state index < -0.39 is 5.41 Å². The van der Waals surface area contributed by atoms with Crippen molar-refractivity contribution in [2.75, 3.05) is 6.61 Å². The van der Waals surface area contributed by atoms with Crippen LogP contribution in [0.4, 0.5) is 0 Å². The molecule has 5 heteroatoms. The zero-order valence-corrected chi connectivity index (χ0v) is 16.5. The first-order valence-electron chi connectivity index (χ1n) is 9.24. The molecular formula is C22H27N3O2. The highest BCUT2D eigenvalue weighted by Gasteiger charge is 2.26. The Morgan fingerprint density at radius 2 is 1.74 bits per heavy atom. The molecule has 2 heterocycles. The third-order valence-electron chi connectivity index (χ3n) is 4.78. The van der Waals surface area contributed by atoms with Crippen molar-refractivity contribution >= 4 is 6.29 Å². The molecule has 0 amide bonds. The molecule has 0 saturated heterocycles. The van der Waals surface area contributed by atoms with Crippen LogP contribution in [0.25, 0.3) is 5.82 Å². The molecule has 0 saturated carbocycles. The van der Waals surface area contributed by atoms with Gasteiger partial charge in [-0.1, -0.05) is 30.3 Å². The van der Waals surface area contributed by atoms with E-state index in [0.717, 1.165) is 34.7 Å². The number of carbonyl (C=O) groups excluding carboxylic acids is 1. The van der Waals surface area contributed by atoms with Crippen LogP contribution in [-0.4, -0.2) is 27.2 Å². The third-order valence-corrected chi connectivity index (χ3v) is 4.78. The second-order valence-corrected chi connectivity index (χ2v) is 7.44. The van der Waals surface area contributed by atoms with Crippen molar-refractivity contribution < 1.29 is 9.53 Å². The molecule has 0 aliphatic rings. The van der Waals surface area contributed by atoms with Gasteiger partial charge in [-0.25, -0.2) is 0 Å². The molecule has 5 nitrogen and oxygen atoms in total. The molecule has 3 rings (SSSR count). The number of aromatic nitrogens is 3. The minimum absolute atomic E-state index is 0.529. The fraction of sp³-hybridized carbons (Fsp3) is 0.364. The van der Waals surface area contributed by atoms with Gasteiger partial charge in [0.2, 0.25) is 0 Å². The van der Waals surface area contributed by atoms with Gasteiger partial charge in [0.05, 0.1) is 30.9 Å². The number of aryl methyl sites for hydroxylation is 2. The maximum atomic E-state index is 11.6. The summed E-state index contributed by atoms with van der Waals surface area (Å²) < 4.78 is 9.82. The monoisotopic (exact) mass is 365 g/mol. The van der Waals surface area contributed by atoms with Gasteiger partial charge in [-0.3, -0.25) is 4.68 Å². The normalized spacial score (nSPS) is 11.7. The van der Waals surface area contributed by atoms with E-state index >= 15 is 0 Å². The van der Waals surface area contributed by atoms with Crippen LogP contribution in [0.5, 0.6) is 0 Å². The lowest BCUT2D eigenvalue weighted by atomic mass is 9.91. The van der Waals surface area contributed by atoms with Crippen LogP contribution >= 0.6 is 0 Å². The van der Waals surface area contributed by atoms with Gasteiger partial charge >= 0.3 is 0 Å². The highest BCUT2D eigenvalue weighted by molar-refractivity contribution is 5.66. The first kappa shape index (κ1) is 19.1. The highest BCUT2D eigenvalue weighted by atomic mass is 16.5. The van der Waals surface area contributed by atoms with E-state index in [4.69, 9.17) is 9.84 Å². The minimum atomic E-state index is -0.611. The number of aldehydes is 1. The Balaban J connectivity index is 1.79. The SMILES string of the molecule is Cc1ccc(C)n1-c1cc(C(C)(C)C=O)n(CCOCc2ccccc2)n1. The van der Waals surface area contributed by atoms with Crippen LogP contribution in [0, 0.1) is 13.8 Å². The van der Waals surface area contributed by atoms with Crippen molar-refractivity contribution in [1.82, 2.24) is 14.3 Å². The van der Waals surface area contributed by atoms with Crippen molar-refractivity contribution in [1.29, 1.82) is 0 Å². The number of nitrogens with zero attached hydrogens (tertiary/aromatic N) is 3. The largest absolute Gasteiger partial charge is 0.375 e. The maximum Gasteiger partial charge on any atom is 0.159 e. The van der Waals surface area contributed by atoms with Crippen molar-refractivity contribution in [3.63, 3.8) is 0 Å². The second-order valence-electron chi connectivity index (χ2n) is 7.44. The standard InChI is InChI=1S/C22H27N3O2/c1-17-10-11-18(2)25(17)21-14-20(22(3,4)16-26)24(23-21)12-13-27-15-19-8-6-5-7-9-19/h5-11,14,16H,12-13,15H2,1-4H3. The zero-order valence-electron chi connectivity index (χ0n) is 16.5. The lowest BCUT2D eigenvalue weighted by molar-refractivity contribution is -0.111. The Hall–Kier alpha value is -2.66. The second kappa shape index (κ2) is 7.92. The lowest BCUT2D eigenvalue weighted by Gasteiger charge is -2.18. The molecule has 0 aliphatic carbocycles. The molecule has 2 aromatic heterocycles. The summed E-state index contributed by atoms with van der Waals surface area (Å²) >= 11 is 0. The Kier molecular flexibility index (Phi) is 5.61. The Bertz CT molecular complexity index is 888. The molecule has 0 aliphatic heterocycles. The number of carbonyl (C=O) groups is 1. The molecule has 142 valence electrons. The average molecular weight is 365 g/mol. The molecule has 0 fully saturated rings. The summed E-state index contributed by atoms with van der Waals surface area (Å²) in [6.45, 7) is 9.63. The summed E-state index contributed by atoms with van der Waals surface area (Å²) in [5, 5.41) is 4.77. The van der Waals surface area contributed by atoms with E-state index in [9.17, 15) is 4.79 Å². The first-order chi connectivity index (χ1) is 12.9. The molecule has 27 heavy (non-hydrogen) atoms. The summed E-state index contributed by atoms with van der Waals surface area (Å²) in [6.07, 6.45) is 0.977. The summed E-state index contributed by atoms with van der Waals surface area (Å²) in [7, 11) is 0. The van der Waals surface area contributed by atoms with Gasteiger partial charge in [0.15, 0.2) is 5.82 Å². The van der Waals surface area contributed by atoms with Crippen LogP contribution in [0.15, 0.2) is 48.5 Å². The van der Waals surface area contributed by atoms with Gasteiger partial charge in [-0.2, -0.15) is 5.10 Å². The topological polar surface area (TPSA) is 49.0 Å². The van der Waals surface area contributed by atoms with Gasteiger partial charge in [0.25, 0.3) is 0 Å². The predicted octanol–water partition coefficient (Wildman–Crippen LogP) is 3.98. The predicted molar refractivity (Wildman–Crippen MR) is 106 cm³/mol. The number of benzene rings is 1. The fourth-order valence-electron chi connectivity index (χ4n) is 3.21. The molecule has 0 spiro atoms. The number of hydrogen-bond donors (Lipinski definition) is 0. The smallest absolute Gasteiger partial charge is 0.159 e. The Morgan fingerprint density at radius 3 is 2.37 bits per heavy atom. The average Bonchev–Trinajstić information content (AvgIpc) is 3.23. The number of hydrogen-bond acceptors (Lipinski definition) is 3. The maximum absolute atomic E-state index is 11.6. The first-order valence-corrected chi connectivity index (χ1v) is 9.24. The van der Waals surface area contributed by atoms with E-state index in [2.05, 4.69) is 30.5 Å². The van der Waals surface area contributed by atoms with Crippen LogP contribution in [-0.2, 0) is 28.1 Å².